The van der Waals surface area contributed by atoms with Crippen LogP contribution in [0.15, 0.2) is 33.3 Å². The predicted molar refractivity (Wildman–Crippen MR) is 103 cm³/mol. The number of fused-ring (bicyclic) bond motifs is 2. The number of rotatable bonds is 3. The normalized spacial score (nSPS) is 18.1. The number of nitrogens with one attached hydrogen (secondary N) is 1. The molecule has 1 amide bonds. The van der Waals surface area contributed by atoms with Crippen LogP contribution in [0.5, 0.6) is 5.75 Å². The van der Waals surface area contributed by atoms with Crippen LogP contribution in [0.1, 0.15) is 41.3 Å². The van der Waals surface area contributed by atoms with Crippen LogP contribution in [0.2, 0.25) is 0 Å². The Balaban J connectivity index is 1.66. The number of sulfone groups is 1. The van der Waals surface area contributed by atoms with Crippen molar-refractivity contribution in [1.82, 2.24) is 14.9 Å². The Morgan fingerprint density at radius 1 is 1.38 bits per heavy atom. The molecule has 4 rings (SSSR count). The van der Waals surface area contributed by atoms with E-state index < -0.39 is 38.3 Å². The minimum atomic E-state index is -3.56. The molecule has 0 aliphatic carbocycles. The highest BCUT2D eigenvalue weighted by Gasteiger charge is 2.34. The summed E-state index contributed by atoms with van der Waals surface area (Å²) in [5, 5.41) is 13.9. The molecule has 0 saturated carbocycles. The fraction of sp³-hybridized carbons (Fsp3) is 0.316. The van der Waals surface area contributed by atoms with E-state index in [-0.39, 0.29) is 30.4 Å². The van der Waals surface area contributed by atoms with Crippen molar-refractivity contribution in [1.29, 1.82) is 0 Å². The molecule has 9 nitrogen and oxygen atoms in total. The second-order valence-electron chi connectivity index (χ2n) is 7.31. The Kier molecular flexibility index (Phi) is 4.35. The first kappa shape index (κ1) is 19.3. The zero-order valence-corrected chi connectivity index (χ0v) is 16.6. The van der Waals surface area contributed by atoms with Crippen molar-refractivity contribution in [3.8, 4) is 5.75 Å². The third kappa shape index (κ3) is 3.14. The Labute approximate surface area is 166 Å². The van der Waals surface area contributed by atoms with Crippen molar-refractivity contribution in [2.75, 3.05) is 6.61 Å². The fourth-order valence-electron chi connectivity index (χ4n) is 3.54. The van der Waals surface area contributed by atoms with Gasteiger partial charge in [-0.2, -0.15) is 0 Å². The van der Waals surface area contributed by atoms with Crippen molar-refractivity contribution >= 4 is 21.8 Å². The maximum Gasteiger partial charge on any atom is 0.296 e. The predicted octanol–water partition coefficient (Wildman–Crippen LogP) is 0.902. The van der Waals surface area contributed by atoms with Gasteiger partial charge in [-0.1, -0.05) is 18.2 Å². The summed E-state index contributed by atoms with van der Waals surface area (Å²) in [6.07, 6.45) is 1.50. The molecular weight excluding hydrogens is 398 g/mol. The first-order chi connectivity index (χ1) is 13.6. The number of nitrogens with zero attached hydrogens (tertiary/aromatic N) is 2. The van der Waals surface area contributed by atoms with E-state index in [0.29, 0.717) is 11.1 Å². The van der Waals surface area contributed by atoms with Crippen LogP contribution in [0.3, 0.4) is 0 Å². The van der Waals surface area contributed by atoms with E-state index in [1.54, 1.807) is 32.0 Å². The monoisotopic (exact) mass is 417 g/mol. The SMILES string of the molecule is CC1(C)OCCn2c1nc(C(=O)NCc1cccc3c1S(=O)(=O)C=C3)c(O)c2=O. The van der Waals surface area contributed by atoms with Crippen LogP contribution in [0, 0.1) is 0 Å². The second kappa shape index (κ2) is 6.53. The molecule has 10 heteroatoms. The van der Waals surface area contributed by atoms with Gasteiger partial charge in [0.05, 0.1) is 18.0 Å². The standard InChI is InChI=1S/C19H19N3O6S/c1-19(2)18-21-13(14(23)17(25)22(18)7-8-28-19)16(24)20-10-12-5-3-4-11-6-9-29(26,27)15(11)12/h3-6,9,23H,7-8,10H2,1-2H3,(H,20,24). The van der Waals surface area contributed by atoms with Gasteiger partial charge in [0.2, 0.25) is 15.6 Å². The molecule has 0 unspecified atom stereocenters. The van der Waals surface area contributed by atoms with E-state index in [2.05, 4.69) is 10.3 Å². The average Bonchev–Trinajstić information content (AvgIpc) is 2.98. The molecule has 152 valence electrons. The number of aromatic nitrogens is 2. The molecule has 2 aliphatic rings. The Hall–Kier alpha value is -2.98. The lowest BCUT2D eigenvalue weighted by Gasteiger charge is -2.32. The van der Waals surface area contributed by atoms with Gasteiger partial charge < -0.3 is 15.2 Å². The molecule has 1 aromatic carbocycles. The third-order valence-electron chi connectivity index (χ3n) is 4.95. The quantitative estimate of drug-likeness (QED) is 0.759. The highest BCUT2D eigenvalue weighted by Crippen LogP contribution is 2.30. The fourth-order valence-corrected chi connectivity index (χ4v) is 4.97. The van der Waals surface area contributed by atoms with Crippen molar-refractivity contribution in [3.63, 3.8) is 0 Å². The number of hydrogen-bond donors (Lipinski definition) is 2. The van der Waals surface area contributed by atoms with Crippen molar-refractivity contribution in [3.05, 3.63) is 56.6 Å². The third-order valence-corrected chi connectivity index (χ3v) is 6.52. The molecule has 1 aromatic heterocycles. The molecule has 0 atom stereocenters. The Bertz CT molecular complexity index is 1230. The zero-order valence-electron chi connectivity index (χ0n) is 15.8. The van der Waals surface area contributed by atoms with E-state index in [4.69, 9.17) is 4.74 Å². The topological polar surface area (TPSA) is 128 Å². The minimum Gasteiger partial charge on any atom is -0.501 e. The van der Waals surface area contributed by atoms with Crippen molar-refractivity contribution < 1.29 is 23.1 Å². The van der Waals surface area contributed by atoms with Gasteiger partial charge in [0.1, 0.15) is 11.4 Å². The number of amides is 1. The number of aromatic hydroxyl groups is 1. The van der Waals surface area contributed by atoms with Crippen LogP contribution in [-0.4, -0.2) is 35.6 Å². The summed E-state index contributed by atoms with van der Waals surface area (Å²) in [5.74, 6) is -1.30. The summed E-state index contributed by atoms with van der Waals surface area (Å²) < 4.78 is 31.3. The molecule has 0 radical (unpaired) electrons. The summed E-state index contributed by atoms with van der Waals surface area (Å²) in [6.45, 7) is 3.83. The number of carbonyl (C=O) groups is 1. The zero-order chi connectivity index (χ0) is 21.0. The number of benzene rings is 1. The largest absolute Gasteiger partial charge is 0.501 e. The molecule has 0 spiro atoms. The lowest BCUT2D eigenvalue weighted by Crippen LogP contribution is -2.42. The van der Waals surface area contributed by atoms with Gasteiger partial charge >= 0.3 is 0 Å². The summed E-state index contributed by atoms with van der Waals surface area (Å²) >= 11 is 0. The number of ether oxygens (including phenoxy) is 1. The molecule has 2 N–H and O–H groups in total. The number of carbonyl (C=O) groups excluding carboxylic acids is 1. The molecular formula is C19H19N3O6S. The minimum absolute atomic E-state index is 0.109. The van der Waals surface area contributed by atoms with Gasteiger partial charge in [0.15, 0.2) is 5.69 Å². The van der Waals surface area contributed by atoms with E-state index in [0.717, 1.165) is 5.41 Å². The molecule has 0 fully saturated rings. The highest BCUT2D eigenvalue weighted by molar-refractivity contribution is 7.94. The van der Waals surface area contributed by atoms with Gasteiger partial charge in [-0.3, -0.25) is 14.2 Å². The van der Waals surface area contributed by atoms with E-state index in [1.165, 1.54) is 10.6 Å². The molecule has 2 aromatic rings. The van der Waals surface area contributed by atoms with Gasteiger partial charge in [-0.15, -0.1) is 0 Å². The van der Waals surface area contributed by atoms with E-state index >= 15 is 0 Å². The molecule has 3 heterocycles. The molecule has 29 heavy (non-hydrogen) atoms. The summed E-state index contributed by atoms with van der Waals surface area (Å²) in [4.78, 5) is 29.5. The summed E-state index contributed by atoms with van der Waals surface area (Å²) in [5.41, 5.74) is -1.10. The van der Waals surface area contributed by atoms with Crippen LogP contribution < -0.4 is 10.9 Å². The summed E-state index contributed by atoms with van der Waals surface area (Å²) in [7, 11) is -3.56. The van der Waals surface area contributed by atoms with Gasteiger partial charge in [0.25, 0.3) is 11.5 Å². The molecule has 0 saturated heterocycles. The maximum atomic E-state index is 12.7. The lowest BCUT2D eigenvalue weighted by atomic mass is 10.1. The Morgan fingerprint density at radius 3 is 2.90 bits per heavy atom. The van der Waals surface area contributed by atoms with Crippen LogP contribution >= 0.6 is 0 Å². The summed E-state index contributed by atoms with van der Waals surface area (Å²) in [6, 6.07) is 4.95. The first-order valence-corrected chi connectivity index (χ1v) is 10.5. The average molecular weight is 417 g/mol. The first-order valence-electron chi connectivity index (χ1n) is 8.93. The van der Waals surface area contributed by atoms with Gasteiger partial charge in [0, 0.05) is 12.0 Å². The van der Waals surface area contributed by atoms with Crippen LogP contribution in [0.25, 0.3) is 6.08 Å². The molecule has 2 aliphatic heterocycles. The maximum absolute atomic E-state index is 12.7. The second-order valence-corrected chi connectivity index (χ2v) is 9.08. The van der Waals surface area contributed by atoms with E-state index in [9.17, 15) is 23.1 Å². The molecule has 0 bridgehead atoms. The van der Waals surface area contributed by atoms with Crippen molar-refractivity contribution in [2.24, 2.45) is 0 Å². The highest BCUT2D eigenvalue weighted by atomic mass is 32.2. The lowest BCUT2D eigenvalue weighted by molar-refractivity contribution is -0.0566. The van der Waals surface area contributed by atoms with E-state index in [1.807, 2.05) is 0 Å². The van der Waals surface area contributed by atoms with Crippen LogP contribution in [0.4, 0.5) is 0 Å². The smallest absolute Gasteiger partial charge is 0.296 e. The van der Waals surface area contributed by atoms with Gasteiger partial charge in [-0.05, 0) is 31.1 Å². The van der Waals surface area contributed by atoms with Gasteiger partial charge in [-0.25, -0.2) is 13.4 Å². The van der Waals surface area contributed by atoms with Crippen LogP contribution in [-0.2, 0) is 33.3 Å². The van der Waals surface area contributed by atoms with Crippen molar-refractivity contribution in [2.45, 2.75) is 37.4 Å². The number of hydrogen-bond acceptors (Lipinski definition) is 7. The Morgan fingerprint density at radius 2 is 2.14 bits per heavy atom.